The van der Waals surface area contributed by atoms with E-state index in [1.165, 1.54) is 0 Å². The molecule has 1 saturated heterocycles. The smallest absolute Gasteiger partial charge is 0.250 e. The normalized spacial score (nSPS) is 18.0. The van der Waals surface area contributed by atoms with Crippen molar-refractivity contribution < 1.29 is 9.90 Å². The average Bonchev–Trinajstić information content (AvgIpc) is 3.27. The summed E-state index contributed by atoms with van der Waals surface area (Å²) < 4.78 is 1.83. The lowest BCUT2D eigenvalue weighted by molar-refractivity contribution is -0.112. The molecule has 0 unspecified atom stereocenters. The van der Waals surface area contributed by atoms with Gasteiger partial charge in [-0.2, -0.15) is 9.61 Å². The van der Waals surface area contributed by atoms with E-state index < -0.39 is 0 Å². The first-order valence-corrected chi connectivity index (χ1v) is 12.1. The summed E-state index contributed by atoms with van der Waals surface area (Å²) in [6.45, 7) is 12.4. The first kappa shape index (κ1) is 24.7. The van der Waals surface area contributed by atoms with Crippen LogP contribution in [0.4, 0.5) is 17.3 Å². The first-order valence-electron chi connectivity index (χ1n) is 12.1. The summed E-state index contributed by atoms with van der Waals surface area (Å²) in [7, 11) is 0. The highest BCUT2D eigenvalue weighted by Crippen LogP contribution is 2.25. The Labute approximate surface area is 206 Å². The van der Waals surface area contributed by atoms with Crippen molar-refractivity contribution in [1.82, 2.24) is 19.9 Å². The highest BCUT2D eigenvalue weighted by atomic mass is 16.3. The predicted octanol–water partition coefficient (Wildman–Crippen LogP) is 3.36. The van der Waals surface area contributed by atoms with E-state index in [1.54, 1.807) is 6.92 Å². The number of benzene rings is 1. The van der Waals surface area contributed by atoms with Crippen molar-refractivity contribution in [2.75, 3.05) is 35.6 Å². The van der Waals surface area contributed by atoms with Crippen LogP contribution in [-0.2, 0) is 11.3 Å². The predicted molar refractivity (Wildman–Crippen MR) is 140 cm³/mol. The standard InChI is InChI=1S/C26H35N7O2/c1-16(2)21-14-30-33-24(29-12-18-6-5-7-20(10-18)31-26(35)17(3)4)11-23(32-25(21)33)28-13-19-8-9-27-15-22(19)34/h5-7,10-11,14,16,19,22,27,29,34H,3,8-9,12-13,15H2,1-2,4H3,(H,28,32)(H,31,35)/t19-,22+/m1/s1. The largest absolute Gasteiger partial charge is 0.391 e. The van der Waals surface area contributed by atoms with Gasteiger partial charge in [-0.25, -0.2) is 4.98 Å². The van der Waals surface area contributed by atoms with E-state index in [0.717, 1.165) is 47.1 Å². The molecule has 0 aliphatic carbocycles. The maximum absolute atomic E-state index is 12.0. The number of carbonyl (C=O) groups excluding carboxylic acids is 1. The van der Waals surface area contributed by atoms with Crippen molar-refractivity contribution in [3.05, 3.63) is 59.8 Å². The number of hydrogen-bond donors (Lipinski definition) is 5. The summed E-state index contributed by atoms with van der Waals surface area (Å²) >= 11 is 0. The highest BCUT2D eigenvalue weighted by Gasteiger charge is 2.23. The summed E-state index contributed by atoms with van der Waals surface area (Å²) in [5.74, 6) is 1.82. The lowest BCUT2D eigenvalue weighted by atomic mass is 9.95. The summed E-state index contributed by atoms with van der Waals surface area (Å²) in [6, 6.07) is 9.66. The second-order valence-corrected chi connectivity index (χ2v) is 9.51. The van der Waals surface area contributed by atoms with Crippen LogP contribution in [0.3, 0.4) is 0 Å². The third-order valence-corrected chi connectivity index (χ3v) is 6.30. The van der Waals surface area contributed by atoms with Gasteiger partial charge in [0.2, 0.25) is 0 Å². The number of piperidine rings is 1. The maximum atomic E-state index is 12.0. The average molecular weight is 478 g/mol. The van der Waals surface area contributed by atoms with E-state index in [1.807, 2.05) is 41.0 Å². The highest BCUT2D eigenvalue weighted by molar-refractivity contribution is 6.02. The van der Waals surface area contributed by atoms with E-state index in [-0.39, 0.29) is 23.8 Å². The fraction of sp³-hybridized carbons (Fsp3) is 0.423. The summed E-state index contributed by atoms with van der Waals surface area (Å²) in [5.41, 5.74) is 4.08. The minimum Gasteiger partial charge on any atom is -0.391 e. The molecule has 35 heavy (non-hydrogen) atoms. The molecule has 0 saturated carbocycles. The Morgan fingerprint density at radius 1 is 1.31 bits per heavy atom. The molecular formula is C26H35N7O2. The Kier molecular flexibility index (Phi) is 7.67. The Morgan fingerprint density at radius 3 is 2.89 bits per heavy atom. The molecule has 9 heteroatoms. The minimum atomic E-state index is -0.364. The number of anilines is 3. The van der Waals surface area contributed by atoms with Gasteiger partial charge in [0.25, 0.3) is 5.91 Å². The summed E-state index contributed by atoms with van der Waals surface area (Å²) in [5, 5.41) is 27.9. The van der Waals surface area contributed by atoms with Crippen molar-refractivity contribution in [2.24, 2.45) is 5.92 Å². The number of nitrogens with one attached hydrogen (secondary N) is 4. The molecule has 1 amide bonds. The third-order valence-electron chi connectivity index (χ3n) is 6.30. The minimum absolute atomic E-state index is 0.178. The Hall–Kier alpha value is -3.43. The van der Waals surface area contributed by atoms with Crippen LogP contribution in [0.1, 0.15) is 44.2 Å². The van der Waals surface area contributed by atoms with Gasteiger partial charge in [0.05, 0.1) is 12.3 Å². The zero-order chi connectivity index (χ0) is 24.9. The number of hydrogen-bond acceptors (Lipinski definition) is 7. The molecule has 0 spiro atoms. The van der Waals surface area contributed by atoms with Crippen molar-refractivity contribution in [1.29, 1.82) is 0 Å². The SMILES string of the molecule is C=C(C)C(=O)Nc1cccc(CNc2cc(NC[C@H]3CCNC[C@@H]3O)nc3c(C(C)C)cnn23)c1. The van der Waals surface area contributed by atoms with E-state index >= 15 is 0 Å². The van der Waals surface area contributed by atoms with Crippen LogP contribution in [0.2, 0.25) is 0 Å². The quantitative estimate of drug-likeness (QED) is 0.300. The molecule has 5 N–H and O–H groups in total. The summed E-state index contributed by atoms with van der Waals surface area (Å²) in [6.07, 6.45) is 2.42. The monoisotopic (exact) mass is 477 g/mol. The van der Waals surface area contributed by atoms with Crippen LogP contribution < -0.4 is 21.3 Å². The number of amides is 1. The Bertz CT molecular complexity index is 1200. The second-order valence-electron chi connectivity index (χ2n) is 9.51. The molecule has 0 bridgehead atoms. The molecule has 3 aromatic rings. The lowest BCUT2D eigenvalue weighted by Crippen LogP contribution is -2.43. The number of aromatic nitrogens is 3. The number of carbonyl (C=O) groups is 1. The van der Waals surface area contributed by atoms with Crippen molar-refractivity contribution >= 4 is 28.9 Å². The number of aliphatic hydroxyl groups excluding tert-OH is 1. The molecule has 0 radical (unpaired) electrons. The van der Waals surface area contributed by atoms with Gasteiger partial charge < -0.3 is 26.4 Å². The number of aliphatic hydroxyl groups is 1. The van der Waals surface area contributed by atoms with Crippen LogP contribution in [0.25, 0.3) is 5.65 Å². The number of β-amino-alcohol motifs (C(OH)–C–C–N with tert-alkyl or cyclic N) is 1. The third kappa shape index (κ3) is 5.98. The molecule has 4 rings (SSSR count). The van der Waals surface area contributed by atoms with Crippen LogP contribution in [0.15, 0.2) is 48.7 Å². The van der Waals surface area contributed by atoms with Gasteiger partial charge >= 0.3 is 0 Å². The van der Waals surface area contributed by atoms with Crippen LogP contribution in [0, 0.1) is 5.92 Å². The van der Waals surface area contributed by atoms with E-state index in [0.29, 0.717) is 25.2 Å². The van der Waals surface area contributed by atoms with Gasteiger partial charge in [0.15, 0.2) is 5.65 Å². The van der Waals surface area contributed by atoms with Crippen molar-refractivity contribution in [3.8, 4) is 0 Å². The molecule has 1 aliphatic rings. The Morgan fingerprint density at radius 2 is 2.14 bits per heavy atom. The number of nitrogens with zero attached hydrogens (tertiary/aromatic N) is 3. The van der Waals surface area contributed by atoms with Gasteiger partial charge in [-0.3, -0.25) is 4.79 Å². The Balaban J connectivity index is 1.54. The second kappa shape index (κ2) is 10.9. The lowest BCUT2D eigenvalue weighted by Gasteiger charge is -2.28. The van der Waals surface area contributed by atoms with E-state index in [4.69, 9.17) is 4.98 Å². The van der Waals surface area contributed by atoms with Crippen molar-refractivity contribution in [3.63, 3.8) is 0 Å². The maximum Gasteiger partial charge on any atom is 0.250 e. The van der Waals surface area contributed by atoms with Gasteiger partial charge in [0.1, 0.15) is 11.6 Å². The molecular weight excluding hydrogens is 442 g/mol. The van der Waals surface area contributed by atoms with Gasteiger partial charge in [0, 0.05) is 48.4 Å². The fourth-order valence-electron chi connectivity index (χ4n) is 4.16. The fourth-order valence-corrected chi connectivity index (χ4v) is 4.16. The van der Waals surface area contributed by atoms with Crippen LogP contribution in [0.5, 0.6) is 0 Å². The molecule has 186 valence electrons. The van der Waals surface area contributed by atoms with E-state index in [2.05, 4.69) is 46.8 Å². The molecule has 1 fully saturated rings. The van der Waals surface area contributed by atoms with E-state index in [9.17, 15) is 9.90 Å². The molecule has 1 aromatic carbocycles. The molecule has 2 aromatic heterocycles. The zero-order valence-electron chi connectivity index (χ0n) is 20.6. The zero-order valence-corrected chi connectivity index (χ0v) is 20.6. The number of fused-ring (bicyclic) bond motifs is 1. The first-order chi connectivity index (χ1) is 16.8. The van der Waals surface area contributed by atoms with Crippen LogP contribution in [-0.4, -0.2) is 51.4 Å². The van der Waals surface area contributed by atoms with Gasteiger partial charge in [-0.15, -0.1) is 0 Å². The van der Waals surface area contributed by atoms with Crippen molar-refractivity contribution in [2.45, 2.75) is 45.8 Å². The summed E-state index contributed by atoms with van der Waals surface area (Å²) in [4.78, 5) is 16.8. The topological polar surface area (TPSA) is 116 Å². The molecule has 9 nitrogen and oxygen atoms in total. The number of rotatable bonds is 9. The van der Waals surface area contributed by atoms with Gasteiger partial charge in [-0.1, -0.05) is 32.6 Å². The molecule has 1 aliphatic heterocycles. The van der Waals surface area contributed by atoms with Crippen LogP contribution >= 0.6 is 0 Å². The van der Waals surface area contributed by atoms with Gasteiger partial charge in [-0.05, 0) is 43.5 Å². The molecule has 3 heterocycles. The molecule has 2 atom stereocenters.